The van der Waals surface area contributed by atoms with Gasteiger partial charge < -0.3 is 0 Å². The van der Waals surface area contributed by atoms with Crippen LogP contribution in [0.25, 0.3) is 0 Å². The van der Waals surface area contributed by atoms with Crippen LogP contribution < -0.4 is 0 Å². The van der Waals surface area contributed by atoms with E-state index in [1.807, 2.05) is 6.08 Å². The van der Waals surface area contributed by atoms with Crippen LogP contribution in [0, 0.1) is 4.71 Å². The summed E-state index contributed by atoms with van der Waals surface area (Å²) in [6.07, 6.45) is 2.72. The molecule has 1 radical (unpaired) electrons. The summed E-state index contributed by atoms with van der Waals surface area (Å²) in [5.41, 5.74) is 0. The molecule has 0 atom stereocenters. The van der Waals surface area contributed by atoms with Gasteiger partial charge in [0.1, 0.15) is 4.71 Å². The van der Waals surface area contributed by atoms with Crippen LogP contribution in [0.5, 0.6) is 0 Å². The zero-order valence-corrected chi connectivity index (χ0v) is 5.78. The number of hydrogen-bond donors (Lipinski definition) is 0. The fourth-order valence-corrected chi connectivity index (χ4v) is 1.70. The Bertz CT molecular complexity index is 99.9. The van der Waals surface area contributed by atoms with Gasteiger partial charge in [-0.25, -0.2) is 0 Å². The third-order valence-electron chi connectivity index (χ3n) is 0.631. The average molecular weight is 154 g/mol. The van der Waals surface area contributed by atoms with E-state index in [-0.39, 0.29) is 0 Å². The molecule has 0 saturated heterocycles. The van der Waals surface area contributed by atoms with Gasteiger partial charge in [-0.15, -0.1) is 11.6 Å². The van der Waals surface area contributed by atoms with Crippen LogP contribution in [0.15, 0.2) is 10.4 Å². The summed E-state index contributed by atoms with van der Waals surface area (Å²) in [7, 11) is 0. The van der Waals surface area contributed by atoms with E-state index in [1.54, 1.807) is 0 Å². The Morgan fingerprint density at radius 3 is 2.43 bits per heavy atom. The summed E-state index contributed by atoms with van der Waals surface area (Å²) >= 11 is 12.5. The van der Waals surface area contributed by atoms with Crippen LogP contribution in [0.2, 0.25) is 0 Å². The summed E-state index contributed by atoms with van der Waals surface area (Å²) in [4.78, 5) is 0. The first-order chi connectivity index (χ1) is 3.29. The molecule has 0 fully saturated rings. The molecule has 0 aromatic heterocycles. The number of hydrogen-bond acceptors (Lipinski definition) is 1. The molecule has 0 nitrogen and oxygen atoms in total. The maximum atomic E-state index is 5.55. The second kappa shape index (κ2) is 2.29. The summed E-state index contributed by atoms with van der Waals surface area (Å²) in [5, 5.41) is 0. The molecule has 39 valence electrons. The first-order valence-electron chi connectivity index (χ1n) is 1.84. The van der Waals surface area contributed by atoms with Crippen LogP contribution in [0.1, 0.15) is 6.42 Å². The smallest absolute Gasteiger partial charge is 0.104 e. The Hall–Kier alpha value is 0.670. The molecule has 3 heteroatoms. The molecular weight excluding hydrogens is 151 g/mol. The second-order valence-electron chi connectivity index (χ2n) is 1.17. The monoisotopic (exact) mass is 153 g/mol. The van der Waals surface area contributed by atoms with E-state index in [4.69, 9.17) is 23.2 Å². The predicted molar refractivity (Wildman–Crippen MR) is 35.2 cm³/mol. The van der Waals surface area contributed by atoms with Gasteiger partial charge in [-0.05, 0) is 6.42 Å². The normalized spacial score (nSPS) is 22.9. The van der Waals surface area contributed by atoms with Gasteiger partial charge in [0.2, 0.25) is 0 Å². The van der Waals surface area contributed by atoms with Gasteiger partial charge in [-0.3, -0.25) is 0 Å². The zero-order valence-electron chi connectivity index (χ0n) is 3.45. The van der Waals surface area contributed by atoms with Crippen LogP contribution in [0.4, 0.5) is 0 Å². The van der Waals surface area contributed by atoms with E-state index < -0.39 is 0 Å². The van der Waals surface area contributed by atoms with Gasteiger partial charge >= 0.3 is 0 Å². The van der Waals surface area contributed by atoms with Gasteiger partial charge in [0.25, 0.3) is 0 Å². The summed E-state index contributed by atoms with van der Waals surface area (Å²) < 4.78 is 1.66. The molecule has 1 aliphatic heterocycles. The van der Waals surface area contributed by atoms with Crippen molar-refractivity contribution < 1.29 is 0 Å². The lowest BCUT2D eigenvalue weighted by atomic mass is 10.5. The Balaban J connectivity index is 2.42. The van der Waals surface area contributed by atoms with E-state index in [0.29, 0.717) is 0 Å². The van der Waals surface area contributed by atoms with Crippen molar-refractivity contribution >= 4 is 35.0 Å². The van der Waals surface area contributed by atoms with E-state index in [2.05, 4.69) is 0 Å². The molecule has 1 heterocycles. The molecule has 7 heavy (non-hydrogen) atoms. The van der Waals surface area contributed by atoms with Crippen molar-refractivity contribution in [3.63, 3.8) is 0 Å². The molecule has 0 N–H and O–H groups in total. The lowest BCUT2D eigenvalue weighted by Gasteiger charge is -1.89. The molecule has 0 amide bonds. The molecule has 0 saturated carbocycles. The van der Waals surface area contributed by atoms with Crippen molar-refractivity contribution in [2.75, 3.05) is 0 Å². The summed E-state index contributed by atoms with van der Waals surface area (Å²) in [6, 6.07) is 0. The van der Waals surface area contributed by atoms with Gasteiger partial charge in [0.05, 0.1) is 4.36 Å². The lowest BCUT2D eigenvalue weighted by molar-refractivity contribution is 1.35. The first kappa shape index (κ1) is 5.80. The van der Waals surface area contributed by atoms with Crippen molar-refractivity contribution in [3.8, 4) is 0 Å². The van der Waals surface area contributed by atoms with Crippen molar-refractivity contribution in [3.05, 3.63) is 15.1 Å². The van der Waals surface area contributed by atoms with Gasteiger partial charge in [-0.1, -0.05) is 29.4 Å². The quantitative estimate of drug-likeness (QED) is 0.516. The Kier molecular flexibility index (Phi) is 1.90. The van der Waals surface area contributed by atoms with Crippen molar-refractivity contribution in [1.82, 2.24) is 0 Å². The molecule has 0 aliphatic carbocycles. The third kappa shape index (κ3) is 1.56. The topological polar surface area (TPSA) is 0 Å². The minimum atomic E-state index is 0.796. The molecule has 0 bridgehead atoms. The molecule has 0 spiro atoms. The van der Waals surface area contributed by atoms with Crippen LogP contribution in [0.3, 0.4) is 0 Å². The predicted octanol–water partition coefficient (Wildman–Crippen LogP) is 2.93. The highest BCUT2D eigenvalue weighted by atomic mass is 35.5. The Morgan fingerprint density at radius 1 is 1.57 bits per heavy atom. The lowest BCUT2D eigenvalue weighted by Crippen LogP contribution is -1.63. The largest absolute Gasteiger partial charge is 0.127 e. The standard InChI is InChI=1S/C4H3Cl2S/c5-3-1-2-4(6)7-3/h1H,2H2. The van der Waals surface area contributed by atoms with E-state index in [9.17, 15) is 0 Å². The number of halogens is 2. The van der Waals surface area contributed by atoms with E-state index in [0.717, 1.165) is 15.5 Å². The first-order valence-corrected chi connectivity index (χ1v) is 3.41. The Labute approximate surface area is 56.9 Å². The molecule has 0 unspecified atom stereocenters. The number of rotatable bonds is 0. The minimum Gasteiger partial charge on any atom is -0.104 e. The SMILES string of the molecule is Cl[C]1CC=C(Cl)S1. The molecule has 0 aromatic rings. The third-order valence-corrected chi connectivity index (χ3v) is 2.15. The Morgan fingerprint density at radius 2 is 2.29 bits per heavy atom. The molecule has 1 rings (SSSR count). The van der Waals surface area contributed by atoms with Crippen LogP contribution >= 0.6 is 35.0 Å². The molecule has 0 aromatic carbocycles. The molecular formula is C4H3Cl2S. The maximum absolute atomic E-state index is 5.55. The van der Waals surface area contributed by atoms with E-state index >= 15 is 0 Å². The molecule has 1 aliphatic rings. The minimum absolute atomic E-state index is 0.796. The van der Waals surface area contributed by atoms with Crippen molar-refractivity contribution in [2.45, 2.75) is 6.42 Å². The highest BCUT2D eigenvalue weighted by Gasteiger charge is 2.13. The van der Waals surface area contributed by atoms with Gasteiger partial charge in [0.15, 0.2) is 0 Å². The van der Waals surface area contributed by atoms with Crippen molar-refractivity contribution in [2.24, 2.45) is 0 Å². The van der Waals surface area contributed by atoms with Crippen LogP contribution in [-0.2, 0) is 0 Å². The zero-order chi connectivity index (χ0) is 5.28. The highest BCUT2D eigenvalue weighted by molar-refractivity contribution is 8.08. The average Bonchev–Trinajstić information content (AvgIpc) is 1.87. The van der Waals surface area contributed by atoms with Crippen molar-refractivity contribution in [1.29, 1.82) is 0 Å². The number of thioether (sulfide) groups is 1. The second-order valence-corrected chi connectivity index (χ2v) is 3.62. The van der Waals surface area contributed by atoms with Crippen LogP contribution in [-0.4, -0.2) is 0 Å². The van der Waals surface area contributed by atoms with Gasteiger partial charge in [0, 0.05) is 0 Å². The van der Waals surface area contributed by atoms with E-state index in [1.165, 1.54) is 11.8 Å². The fraction of sp³-hybridized carbons (Fsp3) is 0.250. The summed E-state index contributed by atoms with van der Waals surface area (Å²) in [6.45, 7) is 0. The summed E-state index contributed by atoms with van der Waals surface area (Å²) in [5.74, 6) is 0. The fourth-order valence-electron chi connectivity index (χ4n) is 0.350. The maximum Gasteiger partial charge on any atom is 0.127 e. The highest BCUT2D eigenvalue weighted by Crippen LogP contribution is 2.42. The van der Waals surface area contributed by atoms with Gasteiger partial charge in [-0.2, -0.15) is 0 Å². The number of allylic oxidation sites excluding steroid dienone is 1.